The average Bonchev–Trinajstić information content (AvgIpc) is 3.17. The molecule has 0 atom stereocenters. The van der Waals surface area contributed by atoms with Gasteiger partial charge in [0.25, 0.3) is 11.3 Å². The molecule has 12 heteroatoms. The number of hydrogen-bond donors (Lipinski definition) is 1. The van der Waals surface area contributed by atoms with Gasteiger partial charge in [0, 0.05) is 31.0 Å². The molecule has 0 aromatic carbocycles. The zero-order valence-corrected chi connectivity index (χ0v) is 18.4. The Morgan fingerprint density at radius 2 is 1.90 bits per heavy atom. The average molecular weight is 440 g/mol. The number of aryl methyl sites for hydroxylation is 3. The highest BCUT2D eigenvalue weighted by molar-refractivity contribution is 7.98. The molecule has 0 saturated carbocycles. The van der Waals surface area contributed by atoms with Crippen LogP contribution in [0.3, 0.4) is 0 Å². The Morgan fingerprint density at radius 3 is 2.61 bits per heavy atom. The van der Waals surface area contributed by atoms with Crippen molar-refractivity contribution in [1.29, 1.82) is 0 Å². The highest BCUT2D eigenvalue weighted by atomic mass is 32.2. The molecule has 31 heavy (non-hydrogen) atoms. The van der Waals surface area contributed by atoms with Crippen LogP contribution in [-0.2, 0) is 25.3 Å². The van der Waals surface area contributed by atoms with Crippen LogP contribution in [0.1, 0.15) is 17.0 Å². The van der Waals surface area contributed by atoms with Crippen LogP contribution in [0.5, 0.6) is 0 Å². The molecule has 0 saturated heterocycles. The topological polar surface area (TPSA) is 129 Å². The van der Waals surface area contributed by atoms with Gasteiger partial charge in [-0.2, -0.15) is 4.98 Å². The largest absolute Gasteiger partial charge is 0.332 e. The zero-order valence-electron chi connectivity index (χ0n) is 17.6. The molecule has 4 rings (SSSR count). The van der Waals surface area contributed by atoms with Crippen LogP contribution in [0.2, 0.25) is 0 Å². The number of hydrogen-bond acceptors (Lipinski definition) is 8. The molecule has 11 nitrogen and oxygen atoms in total. The minimum atomic E-state index is -0.473. The Kier molecular flexibility index (Phi) is 5.09. The van der Waals surface area contributed by atoms with Gasteiger partial charge in [-0.1, -0.05) is 11.8 Å². The van der Waals surface area contributed by atoms with E-state index >= 15 is 0 Å². The number of nitrogens with one attached hydrogen (secondary N) is 1. The van der Waals surface area contributed by atoms with E-state index in [0.717, 1.165) is 15.8 Å². The first-order valence-electron chi connectivity index (χ1n) is 9.33. The second-order valence-electron chi connectivity index (χ2n) is 7.10. The zero-order chi connectivity index (χ0) is 22.4. The van der Waals surface area contributed by atoms with Crippen LogP contribution >= 0.6 is 11.8 Å². The van der Waals surface area contributed by atoms with Crippen molar-refractivity contribution in [2.24, 2.45) is 14.1 Å². The summed E-state index contributed by atoms with van der Waals surface area (Å²) in [5.74, 6) is 0.198. The third kappa shape index (κ3) is 3.48. The fourth-order valence-corrected chi connectivity index (χ4v) is 3.77. The SMILES string of the molecule is CSc1nc2nc(C)c(CC(=O)Nc3cnc4c(c3)c(=O)n(C)c(=O)n4C)c(C)n2n1. The minimum absolute atomic E-state index is 0.0678. The lowest BCUT2D eigenvalue weighted by Gasteiger charge is -2.11. The van der Waals surface area contributed by atoms with E-state index in [9.17, 15) is 14.4 Å². The van der Waals surface area contributed by atoms with Gasteiger partial charge in [0.15, 0.2) is 0 Å². The summed E-state index contributed by atoms with van der Waals surface area (Å²) >= 11 is 1.42. The summed E-state index contributed by atoms with van der Waals surface area (Å²) in [6, 6.07) is 1.52. The van der Waals surface area contributed by atoms with Crippen LogP contribution in [0.15, 0.2) is 27.0 Å². The molecule has 4 aromatic rings. The maximum atomic E-state index is 12.7. The van der Waals surface area contributed by atoms with Crippen LogP contribution in [0.4, 0.5) is 5.69 Å². The summed E-state index contributed by atoms with van der Waals surface area (Å²) in [7, 11) is 2.94. The second-order valence-corrected chi connectivity index (χ2v) is 7.87. The van der Waals surface area contributed by atoms with Gasteiger partial charge in [-0.15, -0.1) is 5.10 Å². The van der Waals surface area contributed by atoms with Crippen LogP contribution in [0, 0.1) is 13.8 Å². The molecule has 0 fully saturated rings. The first-order valence-corrected chi connectivity index (χ1v) is 10.6. The highest BCUT2D eigenvalue weighted by Gasteiger charge is 2.17. The summed E-state index contributed by atoms with van der Waals surface area (Å²) in [5, 5.41) is 8.01. The van der Waals surface area contributed by atoms with Crippen LogP contribution in [-0.4, -0.2) is 45.9 Å². The van der Waals surface area contributed by atoms with Crippen molar-refractivity contribution in [3.8, 4) is 0 Å². The molecule has 0 spiro atoms. The Labute approximate surface area is 180 Å². The van der Waals surface area contributed by atoms with Crippen molar-refractivity contribution >= 4 is 40.2 Å². The number of rotatable bonds is 4. The van der Waals surface area contributed by atoms with E-state index in [1.807, 2.05) is 20.1 Å². The Hall–Kier alpha value is -3.54. The molecule has 1 N–H and O–H groups in total. The summed E-state index contributed by atoms with van der Waals surface area (Å²) in [6.45, 7) is 3.69. The maximum absolute atomic E-state index is 12.7. The Morgan fingerprint density at radius 1 is 1.16 bits per heavy atom. The van der Waals surface area contributed by atoms with Crippen molar-refractivity contribution in [3.05, 3.63) is 50.1 Å². The molecule has 160 valence electrons. The maximum Gasteiger partial charge on any atom is 0.332 e. The number of anilines is 1. The van der Waals surface area contributed by atoms with Gasteiger partial charge in [-0.3, -0.25) is 18.7 Å². The number of nitrogens with zero attached hydrogens (tertiary/aromatic N) is 7. The van der Waals surface area contributed by atoms with E-state index in [1.165, 1.54) is 42.7 Å². The molecule has 0 aliphatic heterocycles. The highest BCUT2D eigenvalue weighted by Crippen LogP contribution is 2.18. The first kappa shape index (κ1) is 20.7. The molecule has 0 radical (unpaired) electrons. The van der Waals surface area contributed by atoms with Crippen molar-refractivity contribution in [3.63, 3.8) is 0 Å². The molecular formula is C19H20N8O3S. The van der Waals surface area contributed by atoms with Gasteiger partial charge in [-0.05, 0) is 26.2 Å². The van der Waals surface area contributed by atoms with Crippen molar-refractivity contribution in [2.75, 3.05) is 11.6 Å². The second kappa shape index (κ2) is 7.61. The quantitative estimate of drug-likeness (QED) is 0.457. The van der Waals surface area contributed by atoms with Crippen LogP contribution in [0.25, 0.3) is 16.8 Å². The molecule has 0 bridgehead atoms. The predicted molar refractivity (Wildman–Crippen MR) is 117 cm³/mol. The number of carbonyl (C=O) groups excluding carboxylic acids is 1. The Balaban J connectivity index is 1.66. The lowest BCUT2D eigenvalue weighted by atomic mass is 10.1. The monoisotopic (exact) mass is 440 g/mol. The molecule has 0 unspecified atom stereocenters. The van der Waals surface area contributed by atoms with Crippen molar-refractivity contribution in [1.82, 2.24) is 33.7 Å². The molecule has 1 amide bonds. The van der Waals surface area contributed by atoms with Gasteiger partial charge < -0.3 is 5.32 Å². The fraction of sp³-hybridized carbons (Fsp3) is 0.316. The van der Waals surface area contributed by atoms with E-state index in [4.69, 9.17) is 0 Å². The summed E-state index contributed by atoms with van der Waals surface area (Å²) < 4.78 is 3.92. The van der Waals surface area contributed by atoms with Crippen LogP contribution < -0.4 is 16.6 Å². The van der Waals surface area contributed by atoms with E-state index in [-0.39, 0.29) is 23.4 Å². The van der Waals surface area contributed by atoms with Crippen molar-refractivity contribution in [2.45, 2.75) is 25.4 Å². The summed E-state index contributed by atoms with van der Waals surface area (Å²) in [6.07, 6.45) is 3.37. The smallest absolute Gasteiger partial charge is 0.324 e. The Bertz CT molecular complexity index is 1480. The van der Waals surface area contributed by atoms with Crippen molar-refractivity contribution < 1.29 is 4.79 Å². The standard InChI is InChI=1S/C19H20N8O3S/c1-9-12(10(2)27-17(21-9)23-18(24-27)31-5)7-14(28)22-11-6-13-15(20-8-11)25(3)19(30)26(4)16(13)29/h6,8H,7H2,1-5H3,(H,22,28). The summed E-state index contributed by atoms with van der Waals surface area (Å²) in [5.41, 5.74) is 1.90. The van der Waals surface area contributed by atoms with E-state index in [0.29, 0.717) is 22.3 Å². The number of pyridine rings is 1. The van der Waals surface area contributed by atoms with Gasteiger partial charge in [0.2, 0.25) is 11.1 Å². The number of thioether (sulfide) groups is 1. The van der Waals surface area contributed by atoms with Gasteiger partial charge in [0.1, 0.15) is 5.65 Å². The predicted octanol–water partition coefficient (Wildman–Crippen LogP) is 0.590. The fourth-order valence-electron chi connectivity index (χ4n) is 3.43. The molecular weight excluding hydrogens is 420 g/mol. The molecule has 4 aromatic heterocycles. The number of amides is 1. The van der Waals surface area contributed by atoms with E-state index in [1.54, 1.807) is 4.52 Å². The normalized spacial score (nSPS) is 11.4. The molecule has 0 aliphatic rings. The van der Waals surface area contributed by atoms with E-state index < -0.39 is 11.2 Å². The van der Waals surface area contributed by atoms with Gasteiger partial charge >= 0.3 is 5.69 Å². The third-order valence-electron chi connectivity index (χ3n) is 5.13. The molecule has 4 heterocycles. The lowest BCUT2D eigenvalue weighted by molar-refractivity contribution is -0.115. The van der Waals surface area contributed by atoms with Gasteiger partial charge in [0.05, 0.1) is 23.7 Å². The summed E-state index contributed by atoms with van der Waals surface area (Å²) in [4.78, 5) is 50.2. The van der Waals surface area contributed by atoms with E-state index in [2.05, 4.69) is 25.4 Å². The molecule has 0 aliphatic carbocycles. The first-order chi connectivity index (χ1) is 14.7. The lowest BCUT2D eigenvalue weighted by Crippen LogP contribution is -2.37. The van der Waals surface area contributed by atoms with Gasteiger partial charge in [-0.25, -0.2) is 19.3 Å². The number of carbonyl (C=O) groups is 1. The number of fused-ring (bicyclic) bond motifs is 2. The minimum Gasteiger partial charge on any atom is -0.324 e. The third-order valence-corrected chi connectivity index (χ3v) is 5.66. The number of aromatic nitrogens is 7.